The van der Waals surface area contributed by atoms with Crippen molar-refractivity contribution >= 4 is 11.9 Å². The fourth-order valence-electron chi connectivity index (χ4n) is 2.53. The number of carboxylic acids is 1. The maximum atomic E-state index is 12.6. The molecule has 0 radical (unpaired) electrons. The van der Waals surface area contributed by atoms with Crippen LogP contribution in [-0.4, -0.2) is 38.2 Å². The molecular weight excluding hydrogens is 306 g/mol. The summed E-state index contributed by atoms with van der Waals surface area (Å²) in [6, 6.07) is 9.75. The predicted octanol–water partition coefficient (Wildman–Crippen LogP) is 2.25. The number of amides is 1. The van der Waals surface area contributed by atoms with Crippen LogP contribution in [0.4, 0.5) is 0 Å². The Hall–Kier alpha value is -2.63. The SMILES string of the molecule is Cn1cc(CCC(=O)N(CCCC(=O)O)Cc2ccccc2)cn1. The van der Waals surface area contributed by atoms with Gasteiger partial charge in [0.2, 0.25) is 5.91 Å². The van der Waals surface area contributed by atoms with E-state index >= 15 is 0 Å². The Kier molecular flexibility index (Phi) is 6.54. The van der Waals surface area contributed by atoms with Gasteiger partial charge in [-0.2, -0.15) is 5.10 Å². The van der Waals surface area contributed by atoms with Gasteiger partial charge in [-0.25, -0.2) is 0 Å². The van der Waals surface area contributed by atoms with Gasteiger partial charge in [-0.05, 0) is 24.0 Å². The lowest BCUT2D eigenvalue weighted by Crippen LogP contribution is -2.32. The van der Waals surface area contributed by atoms with Crippen molar-refractivity contribution in [1.29, 1.82) is 0 Å². The molecule has 0 aliphatic rings. The molecule has 0 fully saturated rings. The average molecular weight is 329 g/mol. The van der Waals surface area contributed by atoms with Gasteiger partial charge in [-0.1, -0.05) is 30.3 Å². The molecule has 1 N–H and O–H groups in total. The van der Waals surface area contributed by atoms with Gasteiger partial charge in [0.05, 0.1) is 6.20 Å². The zero-order chi connectivity index (χ0) is 17.4. The van der Waals surface area contributed by atoms with Gasteiger partial charge < -0.3 is 10.0 Å². The van der Waals surface area contributed by atoms with E-state index in [0.717, 1.165) is 11.1 Å². The molecule has 1 heterocycles. The molecule has 0 unspecified atom stereocenters. The van der Waals surface area contributed by atoms with E-state index in [4.69, 9.17) is 5.11 Å². The first-order valence-corrected chi connectivity index (χ1v) is 8.05. The van der Waals surface area contributed by atoms with Crippen LogP contribution in [0.25, 0.3) is 0 Å². The molecule has 0 saturated heterocycles. The van der Waals surface area contributed by atoms with Crippen LogP contribution in [0.5, 0.6) is 0 Å². The second kappa shape index (κ2) is 8.86. The summed E-state index contributed by atoms with van der Waals surface area (Å²) in [5.41, 5.74) is 2.07. The van der Waals surface area contributed by atoms with Gasteiger partial charge in [0.1, 0.15) is 0 Å². The van der Waals surface area contributed by atoms with Gasteiger partial charge in [0, 0.05) is 39.2 Å². The first-order valence-electron chi connectivity index (χ1n) is 8.05. The lowest BCUT2D eigenvalue weighted by atomic mass is 10.1. The summed E-state index contributed by atoms with van der Waals surface area (Å²) in [6.45, 7) is 0.958. The monoisotopic (exact) mass is 329 g/mol. The van der Waals surface area contributed by atoms with Gasteiger partial charge in [0.25, 0.3) is 0 Å². The van der Waals surface area contributed by atoms with Crippen molar-refractivity contribution in [3.8, 4) is 0 Å². The van der Waals surface area contributed by atoms with E-state index in [9.17, 15) is 9.59 Å². The standard InChI is InChI=1S/C18H23N3O3/c1-20-13-16(12-19-20)9-10-17(22)21(11-5-8-18(23)24)14-15-6-3-2-4-7-15/h2-4,6-7,12-13H,5,8-11,14H2,1H3,(H,23,24). The van der Waals surface area contributed by atoms with Gasteiger partial charge in [0.15, 0.2) is 0 Å². The number of carbonyl (C=O) groups excluding carboxylic acids is 1. The van der Waals surface area contributed by atoms with E-state index in [1.807, 2.05) is 43.6 Å². The summed E-state index contributed by atoms with van der Waals surface area (Å²) in [5.74, 6) is -0.800. The highest BCUT2D eigenvalue weighted by Crippen LogP contribution is 2.10. The van der Waals surface area contributed by atoms with E-state index in [2.05, 4.69) is 5.10 Å². The van der Waals surface area contributed by atoms with Crippen LogP contribution < -0.4 is 0 Å². The Labute approximate surface area is 141 Å². The third-order valence-corrected chi connectivity index (χ3v) is 3.77. The van der Waals surface area contributed by atoms with Crippen molar-refractivity contribution in [3.05, 3.63) is 53.9 Å². The Morgan fingerprint density at radius 3 is 2.54 bits per heavy atom. The third kappa shape index (κ3) is 5.87. The quantitative estimate of drug-likeness (QED) is 0.765. The number of hydrogen-bond acceptors (Lipinski definition) is 3. The molecule has 6 nitrogen and oxygen atoms in total. The highest BCUT2D eigenvalue weighted by atomic mass is 16.4. The van der Waals surface area contributed by atoms with E-state index < -0.39 is 5.97 Å². The third-order valence-electron chi connectivity index (χ3n) is 3.77. The fourth-order valence-corrected chi connectivity index (χ4v) is 2.53. The van der Waals surface area contributed by atoms with Crippen molar-refractivity contribution in [2.45, 2.75) is 32.2 Å². The first-order chi connectivity index (χ1) is 11.5. The maximum Gasteiger partial charge on any atom is 0.303 e. The second-order valence-corrected chi connectivity index (χ2v) is 5.82. The molecule has 128 valence electrons. The van der Waals surface area contributed by atoms with E-state index in [0.29, 0.717) is 32.4 Å². The summed E-state index contributed by atoms with van der Waals surface area (Å²) in [4.78, 5) is 25.0. The molecule has 1 aromatic heterocycles. The van der Waals surface area contributed by atoms with Gasteiger partial charge in [-0.15, -0.1) is 0 Å². The van der Waals surface area contributed by atoms with Gasteiger partial charge >= 0.3 is 5.97 Å². The number of carboxylic acid groups (broad SMARTS) is 1. The second-order valence-electron chi connectivity index (χ2n) is 5.82. The van der Waals surface area contributed by atoms with Crippen LogP contribution in [0.2, 0.25) is 0 Å². The summed E-state index contributed by atoms with van der Waals surface area (Å²) in [5, 5.41) is 12.9. The van der Waals surface area contributed by atoms with Crippen molar-refractivity contribution in [1.82, 2.24) is 14.7 Å². The lowest BCUT2D eigenvalue weighted by molar-refractivity contribution is -0.138. The van der Waals surface area contributed by atoms with Crippen molar-refractivity contribution in [2.75, 3.05) is 6.54 Å². The van der Waals surface area contributed by atoms with Crippen LogP contribution >= 0.6 is 0 Å². The first kappa shape index (κ1) is 17.7. The highest BCUT2D eigenvalue weighted by molar-refractivity contribution is 5.76. The highest BCUT2D eigenvalue weighted by Gasteiger charge is 2.15. The Bertz CT molecular complexity index is 667. The summed E-state index contributed by atoms with van der Waals surface area (Å²) in [7, 11) is 1.85. The minimum atomic E-state index is -0.836. The number of aliphatic carboxylic acids is 1. The molecule has 2 aromatic rings. The molecular formula is C18H23N3O3. The van der Waals surface area contributed by atoms with E-state index in [1.165, 1.54) is 0 Å². The van der Waals surface area contributed by atoms with Crippen LogP contribution in [-0.2, 0) is 29.6 Å². The summed E-state index contributed by atoms with van der Waals surface area (Å²) < 4.78 is 1.72. The van der Waals surface area contributed by atoms with Crippen LogP contribution in [0.15, 0.2) is 42.7 Å². The number of aryl methyl sites for hydroxylation is 2. The molecule has 1 amide bonds. The zero-order valence-electron chi connectivity index (χ0n) is 13.9. The molecule has 2 rings (SSSR count). The molecule has 0 atom stereocenters. The van der Waals surface area contributed by atoms with Crippen LogP contribution in [0.1, 0.15) is 30.4 Å². The number of rotatable bonds is 9. The molecule has 0 aliphatic carbocycles. The number of nitrogens with zero attached hydrogens (tertiary/aromatic N) is 3. The van der Waals surface area contributed by atoms with E-state index in [1.54, 1.807) is 15.8 Å². The predicted molar refractivity (Wildman–Crippen MR) is 90.3 cm³/mol. The topological polar surface area (TPSA) is 75.4 Å². The summed E-state index contributed by atoms with van der Waals surface area (Å²) >= 11 is 0. The molecule has 6 heteroatoms. The summed E-state index contributed by atoms with van der Waals surface area (Å²) in [6.07, 6.45) is 5.23. The molecule has 24 heavy (non-hydrogen) atoms. The Morgan fingerprint density at radius 2 is 1.92 bits per heavy atom. The number of benzene rings is 1. The molecule has 0 spiro atoms. The normalized spacial score (nSPS) is 10.5. The molecule has 1 aromatic carbocycles. The van der Waals surface area contributed by atoms with Crippen molar-refractivity contribution in [2.24, 2.45) is 7.05 Å². The molecule has 0 saturated carbocycles. The van der Waals surface area contributed by atoms with E-state index in [-0.39, 0.29) is 12.3 Å². The zero-order valence-corrected chi connectivity index (χ0v) is 13.9. The van der Waals surface area contributed by atoms with Crippen molar-refractivity contribution < 1.29 is 14.7 Å². The lowest BCUT2D eigenvalue weighted by Gasteiger charge is -2.22. The average Bonchev–Trinajstić information content (AvgIpc) is 2.98. The maximum absolute atomic E-state index is 12.6. The number of hydrogen-bond donors (Lipinski definition) is 1. The number of aromatic nitrogens is 2. The minimum Gasteiger partial charge on any atom is -0.481 e. The van der Waals surface area contributed by atoms with Crippen molar-refractivity contribution in [3.63, 3.8) is 0 Å². The number of carbonyl (C=O) groups is 2. The molecule has 0 bridgehead atoms. The van der Waals surface area contributed by atoms with Crippen LogP contribution in [0, 0.1) is 0 Å². The van der Waals surface area contributed by atoms with Gasteiger partial charge in [-0.3, -0.25) is 14.3 Å². The Balaban J connectivity index is 1.94. The minimum absolute atomic E-state index is 0.0353. The fraction of sp³-hybridized carbons (Fsp3) is 0.389. The molecule has 0 aliphatic heterocycles. The largest absolute Gasteiger partial charge is 0.481 e. The smallest absolute Gasteiger partial charge is 0.303 e. The van der Waals surface area contributed by atoms with Crippen LogP contribution in [0.3, 0.4) is 0 Å². The Morgan fingerprint density at radius 1 is 1.17 bits per heavy atom.